The predicted molar refractivity (Wildman–Crippen MR) is 126 cm³/mol. The molecule has 4 rings (SSSR count). The number of aliphatic hydroxyl groups is 1. The monoisotopic (exact) mass is 460 g/mol. The van der Waals surface area contributed by atoms with Crippen molar-refractivity contribution in [3.8, 4) is 11.1 Å². The highest BCUT2D eigenvalue weighted by molar-refractivity contribution is 5.97. The molecular formula is C26H24N2O6. The quantitative estimate of drug-likeness (QED) is 0.428. The number of carbonyl (C=O) groups excluding carboxylic acids is 2. The van der Waals surface area contributed by atoms with Gasteiger partial charge >= 0.3 is 12.1 Å². The molecule has 174 valence electrons. The van der Waals surface area contributed by atoms with Crippen molar-refractivity contribution in [3.05, 3.63) is 89.0 Å². The zero-order valence-electron chi connectivity index (χ0n) is 18.4. The fourth-order valence-corrected chi connectivity index (χ4v) is 4.12. The van der Waals surface area contributed by atoms with E-state index >= 15 is 0 Å². The summed E-state index contributed by atoms with van der Waals surface area (Å²) in [5.74, 6) is -2.03. The van der Waals surface area contributed by atoms with Crippen molar-refractivity contribution in [3.63, 3.8) is 0 Å². The smallest absolute Gasteiger partial charge is 0.411 e. The molecule has 1 atom stereocenters. The van der Waals surface area contributed by atoms with Crippen molar-refractivity contribution >= 4 is 23.7 Å². The summed E-state index contributed by atoms with van der Waals surface area (Å²) in [5, 5.41) is 23.0. The molecule has 0 heterocycles. The zero-order chi connectivity index (χ0) is 24.2. The Morgan fingerprint density at radius 3 is 2.15 bits per heavy atom. The van der Waals surface area contributed by atoms with Gasteiger partial charge in [-0.2, -0.15) is 0 Å². The van der Waals surface area contributed by atoms with Gasteiger partial charge in [0.15, 0.2) is 6.04 Å². The number of rotatable bonds is 7. The Kier molecular flexibility index (Phi) is 6.60. The number of nitrogens with one attached hydrogen (secondary N) is 2. The van der Waals surface area contributed by atoms with E-state index in [1.54, 1.807) is 13.0 Å². The molecule has 2 amide bonds. The maximum Gasteiger partial charge on any atom is 0.411 e. The van der Waals surface area contributed by atoms with Crippen LogP contribution in [0.15, 0.2) is 66.7 Å². The molecule has 0 radical (unpaired) electrons. The molecule has 1 unspecified atom stereocenters. The van der Waals surface area contributed by atoms with Crippen LogP contribution in [0.25, 0.3) is 11.1 Å². The third-order valence-corrected chi connectivity index (χ3v) is 5.85. The summed E-state index contributed by atoms with van der Waals surface area (Å²) in [4.78, 5) is 35.8. The molecule has 0 aliphatic heterocycles. The van der Waals surface area contributed by atoms with E-state index in [2.05, 4.69) is 22.8 Å². The molecule has 0 saturated heterocycles. The molecule has 0 saturated carbocycles. The minimum Gasteiger partial charge on any atom is -0.480 e. The van der Waals surface area contributed by atoms with Crippen LogP contribution in [0.4, 0.5) is 10.5 Å². The average Bonchev–Trinajstić information content (AvgIpc) is 3.16. The van der Waals surface area contributed by atoms with Crippen LogP contribution in [-0.4, -0.2) is 47.4 Å². The summed E-state index contributed by atoms with van der Waals surface area (Å²) in [6, 6.07) is 19.3. The summed E-state index contributed by atoms with van der Waals surface area (Å²) in [7, 11) is 0. The van der Waals surface area contributed by atoms with Crippen LogP contribution in [0.5, 0.6) is 0 Å². The van der Waals surface area contributed by atoms with Gasteiger partial charge in [0.05, 0.1) is 6.61 Å². The first-order chi connectivity index (χ1) is 16.4. The number of anilines is 1. The predicted octanol–water partition coefficient (Wildman–Crippen LogP) is 3.53. The molecule has 0 spiro atoms. The number of ether oxygens (including phenoxy) is 1. The fraction of sp³-hybridized carbons (Fsp3) is 0.192. The average molecular weight is 460 g/mol. The molecule has 8 heteroatoms. The highest BCUT2D eigenvalue weighted by Crippen LogP contribution is 2.44. The highest BCUT2D eigenvalue weighted by Gasteiger charge is 2.29. The summed E-state index contributed by atoms with van der Waals surface area (Å²) in [6.07, 6.45) is -0.617. The minimum atomic E-state index is -1.40. The van der Waals surface area contributed by atoms with E-state index in [0.717, 1.165) is 22.3 Å². The minimum absolute atomic E-state index is 0.0565. The third-order valence-electron chi connectivity index (χ3n) is 5.85. The van der Waals surface area contributed by atoms with E-state index in [4.69, 9.17) is 14.9 Å². The highest BCUT2D eigenvalue weighted by atomic mass is 16.5. The molecule has 3 aromatic rings. The number of amides is 2. The van der Waals surface area contributed by atoms with Crippen molar-refractivity contribution in [2.75, 3.05) is 18.5 Å². The number of aliphatic carboxylic acids is 1. The van der Waals surface area contributed by atoms with Gasteiger partial charge in [0, 0.05) is 17.2 Å². The molecule has 34 heavy (non-hydrogen) atoms. The van der Waals surface area contributed by atoms with Crippen LogP contribution in [0, 0.1) is 6.92 Å². The van der Waals surface area contributed by atoms with Gasteiger partial charge < -0.3 is 20.3 Å². The zero-order valence-corrected chi connectivity index (χ0v) is 18.4. The van der Waals surface area contributed by atoms with Crippen molar-refractivity contribution in [2.24, 2.45) is 0 Å². The number of aryl methyl sites for hydroxylation is 1. The SMILES string of the molecule is Cc1cc(C(=O)NC(CO)C(=O)O)ccc1NC(=O)OCC1c2ccccc2-c2ccccc21. The van der Waals surface area contributed by atoms with Crippen LogP contribution in [-0.2, 0) is 9.53 Å². The fourth-order valence-electron chi connectivity index (χ4n) is 4.12. The van der Waals surface area contributed by atoms with Crippen molar-refractivity contribution in [2.45, 2.75) is 18.9 Å². The van der Waals surface area contributed by atoms with Gasteiger partial charge in [-0.25, -0.2) is 9.59 Å². The van der Waals surface area contributed by atoms with E-state index in [0.29, 0.717) is 11.3 Å². The van der Waals surface area contributed by atoms with Crippen LogP contribution < -0.4 is 10.6 Å². The van der Waals surface area contributed by atoms with Gasteiger partial charge in [-0.15, -0.1) is 0 Å². The van der Waals surface area contributed by atoms with E-state index in [9.17, 15) is 14.4 Å². The Morgan fingerprint density at radius 1 is 0.971 bits per heavy atom. The molecular weight excluding hydrogens is 436 g/mol. The summed E-state index contributed by atoms with van der Waals surface area (Å²) in [5.41, 5.74) is 5.78. The number of aliphatic hydroxyl groups excluding tert-OH is 1. The lowest BCUT2D eigenvalue weighted by molar-refractivity contribution is -0.140. The van der Waals surface area contributed by atoms with Gasteiger partial charge in [0.2, 0.25) is 0 Å². The third kappa shape index (κ3) is 4.62. The topological polar surface area (TPSA) is 125 Å². The number of carboxylic acid groups (broad SMARTS) is 1. The number of hydrogen-bond donors (Lipinski definition) is 4. The Balaban J connectivity index is 1.40. The van der Waals surface area contributed by atoms with E-state index in [-0.39, 0.29) is 18.1 Å². The molecule has 0 fully saturated rings. The molecule has 1 aliphatic rings. The molecule has 8 nitrogen and oxygen atoms in total. The van der Waals surface area contributed by atoms with Gasteiger partial charge in [0.25, 0.3) is 5.91 Å². The lowest BCUT2D eigenvalue weighted by Crippen LogP contribution is -2.43. The summed E-state index contributed by atoms with van der Waals surface area (Å²) >= 11 is 0. The maximum atomic E-state index is 12.5. The first-order valence-electron chi connectivity index (χ1n) is 10.8. The Bertz CT molecular complexity index is 1210. The molecule has 1 aliphatic carbocycles. The normalized spacial score (nSPS) is 12.9. The number of fused-ring (bicyclic) bond motifs is 3. The first kappa shape index (κ1) is 23.0. The maximum absolute atomic E-state index is 12.5. The van der Waals surface area contributed by atoms with Crippen LogP contribution in [0.3, 0.4) is 0 Å². The number of carboxylic acids is 1. The molecule has 4 N–H and O–H groups in total. The van der Waals surface area contributed by atoms with E-state index in [1.807, 2.05) is 36.4 Å². The molecule has 0 aromatic heterocycles. The second-order valence-corrected chi connectivity index (χ2v) is 8.03. The van der Waals surface area contributed by atoms with Gasteiger partial charge in [-0.1, -0.05) is 48.5 Å². The van der Waals surface area contributed by atoms with E-state index < -0.39 is 30.6 Å². The summed E-state index contributed by atoms with van der Waals surface area (Å²) in [6.45, 7) is 1.16. The van der Waals surface area contributed by atoms with Gasteiger partial charge in [-0.05, 0) is 52.9 Å². The van der Waals surface area contributed by atoms with Crippen LogP contribution in [0.1, 0.15) is 33.0 Å². The van der Waals surface area contributed by atoms with Crippen LogP contribution >= 0.6 is 0 Å². The van der Waals surface area contributed by atoms with Crippen molar-refractivity contribution < 1.29 is 29.3 Å². The lowest BCUT2D eigenvalue weighted by Gasteiger charge is -2.16. The molecule has 3 aromatic carbocycles. The second kappa shape index (κ2) is 9.76. The van der Waals surface area contributed by atoms with Crippen LogP contribution in [0.2, 0.25) is 0 Å². The molecule has 0 bridgehead atoms. The number of hydrogen-bond acceptors (Lipinski definition) is 5. The number of carbonyl (C=O) groups is 3. The van der Waals surface area contributed by atoms with Gasteiger partial charge in [-0.3, -0.25) is 10.1 Å². The Hall–Kier alpha value is -4.17. The Labute approximate surface area is 196 Å². The second-order valence-electron chi connectivity index (χ2n) is 8.03. The Morgan fingerprint density at radius 2 is 1.59 bits per heavy atom. The van der Waals surface area contributed by atoms with Crippen molar-refractivity contribution in [1.29, 1.82) is 0 Å². The lowest BCUT2D eigenvalue weighted by atomic mass is 9.98. The van der Waals surface area contributed by atoms with Crippen molar-refractivity contribution in [1.82, 2.24) is 5.32 Å². The number of benzene rings is 3. The first-order valence-corrected chi connectivity index (χ1v) is 10.8. The van der Waals surface area contributed by atoms with E-state index in [1.165, 1.54) is 12.1 Å². The largest absolute Gasteiger partial charge is 0.480 e. The van der Waals surface area contributed by atoms with Gasteiger partial charge in [0.1, 0.15) is 6.61 Å². The standard InChI is InChI=1S/C26H24N2O6/c1-15-12-16(24(30)27-23(13-29)25(31)32)10-11-22(15)28-26(33)34-14-21-19-8-4-2-6-17(19)18-7-3-5-9-20(18)21/h2-12,21,23,29H,13-14H2,1H3,(H,27,30)(H,28,33)(H,31,32). The summed E-state index contributed by atoms with van der Waals surface area (Å²) < 4.78 is 5.55.